The van der Waals surface area contributed by atoms with E-state index in [-0.39, 0.29) is 11.5 Å². The molecule has 23 heavy (non-hydrogen) atoms. The second-order valence-corrected chi connectivity index (χ2v) is 6.98. The molecule has 1 heterocycles. The zero-order valence-corrected chi connectivity index (χ0v) is 14.5. The summed E-state index contributed by atoms with van der Waals surface area (Å²) in [5, 5.41) is 19.9. The largest absolute Gasteiger partial charge is 0.443 e. The monoisotopic (exact) mass is 347 g/mol. The van der Waals surface area contributed by atoms with Crippen LogP contribution in [0.5, 0.6) is 0 Å². The average Bonchev–Trinajstić information content (AvgIpc) is 2.45. The maximum atomic E-state index is 9.69. The van der Waals surface area contributed by atoms with Crippen LogP contribution in [0.4, 0.5) is 0 Å². The molecule has 0 fully saturated rings. The Hall–Kier alpha value is -2.14. The smallest absolute Gasteiger partial charge is 0.205 e. The summed E-state index contributed by atoms with van der Waals surface area (Å²) in [6, 6.07) is 9.19. The highest BCUT2D eigenvalue weighted by Crippen LogP contribution is 2.47. The first-order chi connectivity index (χ1) is 10.7. The molecule has 1 aliphatic rings. The van der Waals surface area contributed by atoms with Crippen LogP contribution in [0.15, 0.2) is 41.0 Å². The molecule has 1 aromatic carbocycles. The van der Waals surface area contributed by atoms with Gasteiger partial charge in [-0.05, 0) is 12.1 Å². The number of ether oxygens (including phenoxy) is 1. The van der Waals surface area contributed by atoms with Crippen molar-refractivity contribution in [1.29, 1.82) is 10.5 Å². The normalized spacial score (nSPS) is 18.3. The summed E-state index contributed by atoms with van der Waals surface area (Å²) in [7, 11) is 0. The summed E-state index contributed by atoms with van der Waals surface area (Å²) in [5.41, 5.74) is 6.36. The predicted molar refractivity (Wildman–Crippen MR) is 89.2 cm³/mol. The molecule has 118 valence electrons. The van der Waals surface area contributed by atoms with E-state index in [0.29, 0.717) is 26.9 Å². The lowest BCUT2D eigenvalue weighted by molar-refractivity contribution is 0.199. The molecule has 2 N–H and O–H groups in total. The molecule has 1 aromatic rings. The molecule has 1 atom stereocenters. The van der Waals surface area contributed by atoms with E-state index < -0.39 is 11.3 Å². The van der Waals surface area contributed by atoms with E-state index in [1.807, 2.05) is 26.8 Å². The van der Waals surface area contributed by atoms with E-state index in [0.717, 1.165) is 0 Å². The van der Waals surface area contributed by atoms with Gasteiger partial charge in [0.05, 0.1) is 17.6 Å². The standard InChI is InChI=1S/C17H15Cl2N3O/c1-17(2,3)15-9(7-20)13(10(8-21)16(22)23-15)14-11(18)5-4-6-12(14)19/h4-6,13H,22H2,1-3H3/t13-/m1/s1. The van der Waals surface area contributed by atoms with Crippen LogP contribution in [0, 0.1) is 28.1 Å². The molecule has 4 nitrogen and oxygen atoms in total. The highest BCUT2D eigenvalue weighted by molar-refractivity contribution is 6.36. The Labute approximate surface area is 145 Å². The van der Waals surface area contributed by atoms with Crippen molar-refractivity contribution in [3.05, 3.63) is 56.6 Å². The first-order valence-electron chi connectivity index (χ1n) is 6.88. The van der Waals surface area contributed by atoms with Gasteiger partial charge >= 0.3 is 0 Å². The summed E-state index contributed by atoms with van der Waals surface area (Å²) < 4.78 is 5.60. The summed E-state index contributed by atoms with van der Waals surface area (Å²) >= 11 is 12.6. The van der Waals surface area contributed by atoms with Gasteiger partial charge in [-0.25, -0.2) is 0 Å². The first-order valence-corrected chi connectivity index (χ1v) is 7.64. The number of hydrogen-bond donors (Lipinski definition) is 1. The Morgan fingerprint density at radius 1 is 1.09 bits per heavy atom. The Morgan fingerprint density at radius 2 is 1.61 bits per heavy atom. The van der Waals surface area contributed by atoms with E-state index in [2.05, 4.69) is 6.07 Å². The van der Waals surface area contributed by atoms with Crippen LogP contribution in [0.3, 0.4) is 0 Å². The van der Waals surface area contributed by atoms with Crippen molar-refractivity contribution >= 4 is 23.2 Å². The number of halogens is 2. The topological polar surface area (TPSA) is 82.8 Å². The zero-order chi connectivity index (χ0) is 17.4. The van der Waals surface area contributed by atoms with Crippen molar-refractivity contribution in [3.8, 4) is 12.1 Å². The van der Waals surface area contributed by atoms with Crippen LogP contribution < -0.4 is 5.73 Å². The van der Waals surface area contributed by atoms with Gasteiger partial charge in [0, 0.05) is 21.0 Å². The fraction of sp³-hybridized carbons (Fsp3) is 0.294. The van der Waals surface area contributed by atoms with E-state index in [1.165, 1.54) is 0 Å². The van der Waals surface area contributed by atoms with Gasteiger partial charge in [-0.1, -0.05) is 50.0 Å². The molecule has 0 aliphatic carbocycles. The number of nitriles is 2. The summed E-state index contributed by atoms with van der Waals surface area (Å²) in [5.74, 6) is -0.357. The Bertz CT molecular complexity index is 784. The molecule has 0 spiro atoms. The maximum absolute atomic E-state index is 9.69. The third kappa shape index (κ3) is 3.01. The molecule has 0 unspecified atom stereocenters. The molecule has 1 aliphatic heterocycles. The first kappa shape index (κ1) is 17.2. The second-order valence-electron chi connectivity index (χ2n) is 6.16. The van der Waals surface area contributed by atoms with Crippen molar-refractivity contribution in [1.82, 2.24) is 0 Å². The minimum absolute atomic E-state index is 0.0302. The lowest BCUT2D eigenvalue weighted by Gasteiger charge is -2.32. The van der Waals surface area contributed by atoms with Crippen molar-refractivity contribution in [2.75, 3.05) is 0 Å². The van der Waals surface area contributed by atoms with Crippen molar-refractivity contribution < 1.29 is 4.74 Å². The van der Waals surface area contributed by atoms with Crippen LogP contribution in [-0.4, -0.2) is 0 Å². The number of nitrogens with zero attached hydrogens (tertiary/aromatic N) is 2. The fourth-order valence-electron chi connectivity index (χ4n) is 2.50. The van der Waals surface area contributed by atoms with Gasteiger partial charge in [0.15, 0.2) is 0 Å². The zero-order valence-electron chi connectivity index (χ0n) is 12.9. The quantitative estimate of drug-likeness (QED) is 0.802. The molecule has 6 heteroatoms. The van der Waals surface area contributed by atoms with E-state index in [4.69, 9.17) is 33.7 Å². The average molecular weight is 348 g/mol. The van der Waals surface area contributed by atoms with Crippen LogP contribution >= 0.6 is 23.2 Å². The van der Waals surface area contributed by atoms with Crippen LogP contribution in [0.2, 0.25) is 10.0 Å². The molecule has 0 saturated carbocycles. The summed E-state index contributed by atoms with van der Waals surface area (Å²) in [6.07, 6.45) is 0. The van der Waals surface area contributed by atoms with Gasteiger partial charge in [-0.15, -0.1) is 0 Å². The molecular weight excluding hydrogens is 333 g/mol. The number of hydrogen-bond acceptors (Lipinski definition) is 4. The second kappa shape index (κ2) is 6.16. The SMILES string of the molecule is CC(C)(C)C1=C(C#N)[C@@H](c2c(Cl)cccc2Cl)C(C#N)=C(N)O1. The minimum atomic E-state index is -0.742. The van der Waals surface area contributed by atoms with Gasteiger partial charge in [-0.2, -0.15) is 10.5 Å². The highest BCUT2D eigenvalue weighted by Gasteiger charge is 2.39. The van der Waals surface area contributed by atoms with Gasteiger partial charge in [-0.3, -0.25) is 0 Å². The Balaban J connectivity index is 2.84. The van der Waals surface area contributed by atoms with Crippen molar-refractivity contribution in [3.63, 3.8) is 0 Å². The van der Waals surface area contributed by atoms with Crippen LogP contribution in [-0.2, 0) is 4.74 Å². The molecule has 0 amide bonds. The van der Waals surface area contributed by atoms with E-state index in [9.17, 15) is 10.5 Å². The summed E-state index contributed by atoms with van der Waals surface area (Å²) in [6.45, 7) is 5.70. The molecular formula is C17H15Cl2N3O. The lowest BCUT2D eigenvalue weighted by atomic mass is 9.79. The molecule has 2 rings (SSSR count). The molecule has 0 aromatic heterocycles. The summed E-state index contributed by atoms with van der Waals surface area (Å²) in [4.78, 5) is 0. The minimum Gasteiger partial charge on any atom is -0.443 e. The molecule has 0 saturated heterocycles. The van der Waals surface area contributed by atoms with Crippen LogP contribution in [0.1, 0.15) is 32.3 Å². The number of rotatable bonds is 1. The number of benzene rings is 1. The third-order valence-electron chi connectivity index (χ3n) is 3.51. The van der Waals surface area contributed by atoms with Gasteiger partial charge in [0.1, 0.15) is 17.4 Å². The van der Waals surface area contributed by atoms with Crippen molar-refractivity contribution in [2.45, 2.75) is 26.7 Å². The van der Waals surface area contributed by atoms with Crippen molar-refractivity contribution in [2.24, 2.45) is 11.1 Å². The number of allylic oxidation sites excluding steroid dienone is 3. The van der Waals surface area contributed by atoms with Crippen LogP contribution in [0.25, 0.3) is 0 Å². The lowest BCUT2D eigenvalue weighted by Crippen LogP contribution is -2.26. The highest BCUT2D eigenvalue weighted by atomic mass is 35.5. The van der Waals surface area contributed by atoms with Gasteiger partial charge < -0.3 is 10.5 Å². The van der Waals surface area contributed by atoms with Gasteiger partial charge in [0.25, 0.3) is 0 Å². The van der Waals surface area contributed by atoms with E-state index in [1.54, 1.807) is 18.2 Å². The number of nitrogens with two attached hydrogens (primary N) is 1. The Morgan fingerprint density at radius 3 is 2.04 bits per heavy atom. The Kier molecular flexibility index (Phi) is 4.61. The maximum Gasteiger partial charge on any atom is 0.205 e. The molecule has 0 bridgehead atoms. The van der Waals surface area contributed by atoms with E-state index >= 15 is 0 Å². The molecule has 0 radical (unpaired) electrons. The fourth-order valence-corrected chi connectivity index (χ4v) is 3.12. The third-order valence-corrected chi connectivity index (χ3v) is 4.17. The predicted octanol–water partition coefficient (Wildman–Crippen LogP) is 4.62. The van der Waals surface area contributed by atoms with Gasteiger partial charge in [0.2, 0.25) is 5.88 Å².